The number of hydrogen-bond donors (Lipinski definition) is 0. The standard InChI is InChI=1S/C8H4ClIN2S2/c9-7-8(13-14-12-7)11-6-3-1-5(10)2-4-6/h1-4H. The van der Waals surface area contributed by atoms with Crippen molar-refractivity contribution >= 4 is 60.8 Å². The van der Waals surface area contributed by atoms with Gasteiger partial charge in [-0.3, -0.25) is 0 Å². The average Bonchev–Trinajstić information content (AvgIpc) is 2.56. The lowest BCUT2D eigenvalue weighted by atomic mass is 10.3. The Bertz CT molecular complexity index is 489. The molecule has 0 aliphatic rings. The number of aromatic nitrogens is 1. The van der Waals surface area contributed by atoms with Gasteiger partial charge in [-0.1, -0.05) is 11.6 Å². The van der Waals surface area contributed by atoms with E-state index in [1.165, 1.54) is 24.4 Å². The zero-order valence-electron chi connectivity index (χ0n) is 6.78. The van der Waals surface area contributed by atoms with E-state index in [1.54, 1.807) is 0 Å². The number of halogens is 2. The molecule has 0 atom stereocenters. The van der Waals surface area contributed by atoms with Crippen LogP contribution in [0.25, 0.3) is 0 Å². The first kappa shape index (κ1) is 10.5. The van der Waals surface area contributed by atoms with Gasteiger partial charge < -0.3 is 0 Å². The molecule has 0 saturated carbocycles. The van der Waals surface area contributed by atoms with Crippen molar-refractivity contribution < 1.29 is 0 Å². The zero-order valence-corrected chi connectivity index (χ0v) is 11.3. The van der Waals surface area contributed by atoms with Gasteiger partial charge in [0, 0.05) is 14.1 Å². The summed E-state index contributed by atoms with van der Waals surface area (Å²) in [7, 11) is 2.83. The second kappa shape index (κ2) is 4.69. The van der Waals surface area contributed by atoms with Crippen LogP contribution >= 0.6 is 55.1 Å². The van der Waals surface area contributed by atoms with E-state index in [2.05, 4.69) is 32.0 Å². The summed E-state index contributed by atoms with van der Waals surface area (Å²) in [5, 5.41) is 0.485. The molecule has 0 amide bonds. The quantitative estimate of drug-likeness (QED) is 0.566. The molecule has 14 heavy (non-hydrogen) atoms. The van der Waals surface area contributed by atoms with Crippen LogP contribution in [0.1, 0.15) is 0 Å². The maximum absolute atomic E-state index is 5.84. The van der Waals surface area contributed by atoms with Crippen molar-refractivity contribution in [1.82, 2.24) is 4.37 Å². The fourth-order valence-corrected chi connectivity index (χ4v) is 3.21. The molecule has 0 spiro atoms. The van der Waals surface area contributed by atoms with E-state index in [1.807, 2.05) is 24.3 Å². The highest BCUT2D eigenvalue weighted by Crippen LogP contribution is 2.15. The van der Waals surface area contributed by atoms with E-state index in [4.69, 9.17) is 11.6 Å². The largest absolute Gasteiger partial charge is 0.234 e. The summed E-state index contributed by atoms with van der Waals surface area (Å²) in [6, 6.07) is 7.94. The molecule has 2 nitrogen and oxygen atoms in total. The SMILES string of the molecule is Clc1nssc1=Nc1ccc(I)cc1. The molecule has 1 heterocycles. The lowest BCUT2D eigenvalue weighted by molar-refractivity contribution is 1.37. The van der Waals surface area contributed by atoms with Gasteiger partial charge in [0.05, 0.1) is 5.69 Å². The summed E-state index contributed by atoms with van der Waals surface area (Å²) < 4.78 is 5.93. The first-order valence-electron chi connectivity index (χ1n) is 3.67. The van der Waals surface area contributed by atoms with Crippen molar-refractivity contribution in [2.24, 2.45) is 4.99 Å². The fourth-order valence-electron chi connectivity index (χ4n) is 0.858. The van der Waals surface area contributed by atoms with Gasteiger partial charge in [0.2, 0.25) is 0 Å². The monoisotopic (exact) mass is 354 g/mol. The highest BCUT2D eigenvalue weighted by Gasteiger charge is 1.96. The Labute approximate surface area is 107 Å². The average molecular weight is 355 g/mol. The van der Waals surface area contributed by atoms with Gasteiger partial charge in [-0.25, -0.2) is 4.99 Å². The molecule has 0 aliphatic carbocycles. The zero-order chi connectivity index (χ0) is 9.97. The smallest absolute Gasteiger partial charge is 0.179 e. The van der Waals surface area contributed by atoms with Crippen molar-refractivity contribution in [3.05, 3.63) is 37.7 Å². The summed E-state index contributed by atoms with van der Waals surface area (Å²) in [6.45, 7) is 0. The van der Waals surface area contributed by atoms with Crippen molar-refractivity contribution in [2.75, 3.05) is 0 Å². The van der Waals surface area contributed by atoms with Crippen LogP contribution in [0.15, 0.2) is 29.3 Å². The fraction of sp³-hybridized carbons (Fsp3) is 0. The van der Waals surface area contributed by atoms with Gasteiger partial charge in [-0.2, -0.15) is 4.37 Å². The van der Waals surface area contributed by atoms with Crippen LogP contribution < -0.4 is 4.67 Å². The lowest BCUT2D eigenvalue weighted by Gasteiger charge is -1.91. The van der Waals surface area contributed by atoms with Crippen molar-refractivity contribution in [3.8, 4) is 0 Å². The predicted molar refractivity (Wildman–Crippen MR) is 69.4 cm³/mol. The molecule has 2 aromatic rings. The minimum absolute atomic E-state index is 0.485. The molecule has 2 rings (SSSR count). The lowest BCUT2D eigenvalue weighted by Crippen LogP contribution is -1.92. The van der Waals surface area contributed by atoms with Crippen molar-refractivity contribution in [2.45, 2.75) is 0 Å². The summed E-state index contributed by atoms with van der Waals surface area (Å²) >= 11 is 8.09. The van der Waals surface area contributed by atoms with Crippen LogP contribution in [0.5, 0.6) is 0 Å². The molecule has 1 aromatic heterocycles. The summed E-state index contributed by atoms with van der Waals surface area (Å²) in [5.41, 5.74) is 0.906. The molecular weight excluding hydrogens is 351 g/mol. The van der Waals surface area contributed by atoms with E-state index in [-0.39, 0.29) is 0 Å². The molecule has 0 bridgehead atoms. The van der Waals surface area contributed by atoms with Gasteiger partial charge in [0.15, 0.2) is 9.82 Å². The maximum Gasteiger partial charge on any atom is 0.179 e. The highest BCUT2D eigenvalue weighted by molar-refractivity contribution is 14.1. The number of rotatable bonds is 1. The second-order valence-corrected chi connectivity index (χ2v) is 5.87. The van der Waals surface area contributed by atoms with Crippen LogP contribution in [0.3, 0.4) is 0 Å². The molecule has 0 N–H and O–H groups in total. The van der Waals surface area contributed by atoms with E-state index < -0.39 is 0 Å². The highest BCUT2D eigenvalue weighted by atomic mass is 127. The summed E-state index contributed by atoms with van der Waals surface area (Å²) in [5.74, 6) is 0. The molecule has 0 aliphatic heterocycles. The van der Waals surface area contributed by atoms with Crippen molar-refractivity contribution in [3.63, 3.8) is 0 Å². The Balaban J connectivity index is 2.44. The second-order valence-electron chi connectivity index (χ2n) is 2.43. The number of benzene rings is 1. The van der Waals surface area contributed by atoms with Gasteiger partial charge in [0.1, 0.15) is 0 Å². The molecular formula is C8H4ClIN2S2. The van der Waals surface area contributed by atoms with E-state index in [0.717, 1.165) is 10.4 Å². The van der Waals surface area contributed by atoms with Crippen LogP contribution in [-0.4, -0.2) is 4.37 Å². The minimum Gasteiger partial charge on any atom is -0.234 e. The first-order valence-corrected chi connectivity index (χ1v) is 7.24. The van der Waals surface area contributed by atoms with Gasteiger partial charge >= 0.3 is 0 Å². The van der Waals surface area contributed by atoms with E-state index in [0.29, 0.717) is 5.15 Å². The Morgan fingerprint density at radius 2 is 2.00 bits per heavy atom. The van der Waals surface area contributed by atoms with Crippen LogP contribution in [0.2, 0.25) is 5.15 Å². The molecule has 72 valence electrons. The summed E-state index contributed by atoms with van der Waals surface area (Å²) in [6.07, 6.45) is 0. The Morgan fingerprint density at radius 1 is 1.29 bits per heavy atom. The van der Waals surface area contributed by atoms with Gasteiger partial charge in [-0.15, -0.1) is 0 Å². The van der Waals surface area contributed by atoms with Crippen LogP contribution in [0, 0.1) is 3.57 Å². The third-order valence-electron chi connectivity index (χ3n) is 1.47. The number of nitrogens with zero attached hydrogens (tertiary/aromatic N) is 2. The third kappa shape index (κ3) is 2.53. The Kier molecular flexibility index (Phi) is 3.53. The maximum atomic E-state index is 5.84. The Hall–Kier alpha value is 0.0200. The molecule has 0 saturated heterocycles. The van der Waals surface area contributed by atoms with E-state index >= 15 is 0 Å². The third-order valence-corrected chi connectivity index (χ3v) is 4.36. The van der Waals surface area contributed by atoms with Crippen LogP contribution in [-0.2, 0) is 0 Å². The first-order chi connectivity index (χ1) is 6.75. The molecule has 1 aromatic carbocycles. The van der Waals surface area contributed by atoms with Gasteiger partial charge in [-0.05, 0) is 57.2 Å². The molecule has 0 unspecified atom stereocenters. The minimum atomic E-state index is 0.485. The molecule has 6 heteroatoms. The Morgan fingerprint density at radius 3 is 2.57 bits per heavy atom. The molecule has 0 fully saturated rings. The predicted octanol–water partition coefficient (Wildman–Crippen LogP) is 3.70. The van der Waals surface area contributed by atoms with Crippen LogP contribution in [0.4, 0.5) is 5.69 Å². The van der Waals surface area contributed by atoms with E-state index in [9.17, 15) is 0 Å². The molecule has 0 radical (unpaired) electrons. The number of hydrogen-bond acceptors (Lipinski definition) is 4. The van der Waals surface area contributed by atoms with Crippen molar-refractivity contribution in [1.29, 1.82) is 0 Å². The summed E-state index contributed by atoms with van der Waals surface area (Å²) in [4.78, 5) is 4.37. The van der Waals surface area contributed by atoms with Gasteiger partial charge in [0.25, 0.3) is 0 Å². The topological polar surface area (TPSA) is 25.2 Å². The normalized spacial score (nSPS) is 12.0.